The molecule has 1 N–H and O–H groups in total. The zero-order valence-electron chi connectivity index (χ0n) is 12.3. The number of carboxylic acids is 1. The maximum atomic E-state index is 10.1. The van der Waals surface area contributed by atoms with Crippen LogP contribution in [-0.4, -0.2) is 24.2 Å². The molecule has 0 heterocycles. The van der Waals surface area contributed by atoms with Gasteiger partial charge < -0.3 is 9.84 Å². The second kappa shape index (κ2) is 19.6. The molecule has 0 aromatic carbocycles. The van der Waals surface area contributed by atoms with Crippen molar-refractivity contribution < 1.29 is 38.9 Å². The van der Waals surface area contributed by atoms with Crippen LogP contribution in [0.15, 0.2) is 12.7 Å². The smallest absolute Gasteiger partial charge is 0.329 e. The van der Waals surface area contributed by atoms with Crippen molar-refractivity contribution in [1.82, 2.24) is 0 Å². The number of carbonyl (C=O) groups is 2. The van der Waals surface area contributed by atoms with Crippen LogP contribution in [0.3, 0.4) is 0 Å². The summed E-state index contributed by atoms with van der Waals surface area (Å²) in [5, 5.41) is 8.35. The van der Waals surface area contributed by atoms with E-state index in [1.807, 2.05) is 0 Å². The maximum Gasteiger partial charge on any atom is 0.329 e. The fraction of sp³-hybridized carbons (Fsp3) is 0.714. The van der Waals surface area contributed by atoms with Gasteiger partial charge in [0.1, 0.15) is 0 Å². The monoisotopic (exact) mass is 322 g/mol. The number of hydrogen-bond donors (Lipinski definition) is 1. The van der Waals surface area contributed by atoms with E-state index < -0.39 is 11.9 Å². The number of aliphatic carboxylic acids is 1. The van der Waals surface area contributed by atoms with Crippen LogP contribution in [0.1, 0.15) is 58.3 Å². The van der Waals surface area contributed by atoms with Crippen molar-refractivity contribution in [3.05, 3.63) is 12.7 Å². The number of carbonyl (C=O) groups excluding carboxylic acids is 1. The topological polar surface area (TPSA) is 63.6 Å². The first-order chi connectivity index (χ1) is 8.58. The maximum absolute atomic E-state index is 10.1. The van der Waals surface area contributed by atoms with Crippen molar-refractivity contribution >= 4 is 11.9 Å². The van der Waals surface area contributed by atoms with Gasteiger partial charge in [-0.3, -0.25) is 4.79 Å². The van der Waals surface area contributed by atoms with Crippen LogP contribution >= 0.6 is 0 Å². The molecule has 0 fully saturated rings. The average Bonchev–Trinajstić information content (AvgIpc) is 2.37. The Labute approximate surface area is 129 Å². The molecule has 19 heavy (non-hydrogen) atoms. The quantitative estimate of drug-likeness (QED) is 0.305. The Bertz CT molecular complexity index is 229. The van der Waals surface area contributed by atoms with Gasteiger partial charge >= 0.3 is 11.9 Å². The molecule has 0 saturated carbocycles. The Morgan fingerprint density at radius 3 is 1.89 bits per heavy atom. The number of hydrogen-bond acceptors (Lipinski definition) is 3. The third-order valence-corrected chi connectivity index (χ3v) is 2.36. The Morgan fingerprint density at radius 2 is 1.58 bits per heavy atom. The van der Waals surface area contributed by atoms with Gasteiger partial charge in [-0.05, 0) is 6.42 Å². The van der Waals surface area contributed by atoms with Crippen LogP contribution in [-0.2, 0) is 33.8 Å². The summed E-state index contributed by atoms with van der Waals surface area (Å²) in [7, 11) is 1.31. The summed E-state index contributed by atoms with van der Waals surface area (Å²) in [4.78, 5) is 20.0. The Hall–Kier alpha value is -0.697. The zero-order valence-corrected chi connectivity index (χ0v) is 15.3. The summed E-state index contributed by atoms with van der Waals surface area (Å²) >= 11 is 0. The number of carboxylic acid groups (broad SMARTS) is 1. The molecule has 0 aliphatic carbocycles. The average molecular weight is 324 g/mol. The third kappa shape index (κ3) is 26.8. The van der Waals surface area contributed by atoms with Crippen molar-refractivity contribution in [1.29, 1.82) is 0 Å². The number of rotatable bonds is 9. The van der Waals surface area contributed by atoms with Crippen LogP contribution < -0.4 is 0 Å². The molecule has 0 amide bonds. The first-order valence-corrected chi connectivity index (χ1v) is 6.50. The van der Waals surface area contributed by atoms with E-state index in [1.54, 1.807) is 0 Å². The van der Waals surface area contributed by atoms with E-state index >= 15 is 0 Å². The Morgan fingerprint density at radius 1 is 1.11 bits per heavy atom. The fourth-order valence-electron chi connectivity index (χ4n) is 1.32. The molecule has 0 aliphatic heterocycles. The zero-order chi connectivity index (χ0) is 14.2. The summed E-state index contributed by atoms with van der Waals surface area (Å²) in [6.45, 7) is 5.36. The molecule has 4 nitrogen and oxygen atoms in total. The summed E-state index contributed by atoms with van der Waals surface area (Å²) in [5.74, 6) is -1.06. The third-order valence-electron chi connectivity index (χ3n) is 2.36. The Balaban J connectivity index is -0.000000313. The minimum atomic E-state index is -0.663. The summed E-state index contributed by atoms with van der Waals surface area (Å²) in [6, 6.07) is 0. The molecule has 0 rings (SSSR count). The van der Waals surface area contributed by atoms with Gasteiger partial charge in [0.2, 0.25) is 0 Å². The van der Waals surface area contributed by atoms with E-state index in [9.17, 15) is 9.59 Å². The molecule has 0 aliphatic rings. The predicted octanol–water partition coefficient (Wildman–Crippen LogP) is 3.55. The molecule has 0 spiro atoms. The largest absolute Gasteiger partial charge is 0.481 e. The summed E-state index contributed by atoms with van der Waals surface area (Å²) < 4.78 is 4.14. The van der Waals surface area contributed by atoms with Gasteiger partial charge in [-0.2, -0.15) is 0 Å². The molecule has 0 radical (unpaired) electrons. The van der Waals surface area contributed by atoms with Crippen molar-refractivity contribution in [2.24, 2.45) is 0 Å². The summed E-state index contributed by atoms with van der Waals surface area (Å²) in [5.41, 5.74) is 0. The van der Waals surface area contributed by atoms with Gasteiger partial charge in [-0.1, -0.05) is 52.0 Å². The molecule has 5 heteroatoms. The van der Waals surface area contributed by atoms with E-state index in [2.05, 4.69) is 18.2 Å². The molecular formula is C14H26O4Zn. The minimum Gasteiger partial charge on any atom is -0.481 e. The molecular weight excluding hydrogens is 298 g/mol. The van der Waals surface area contributed by atoms with Gasteiger partial charge in [-0.25, -0.2) is 4.79 Å². The number of esters is 1. The van der Waals surface area contributed by atoms with Gasteiger partial charge in [0.15, 0.2) is 0 Å². The van der Waals surface area contributed by atoms with Gasteiger partial charge in [0.05, 0.1) is 7.11 Å². The molecule has 0 unspecified atom stereocenters. The van der Waals surface area contributed by atoms with Crippen molar-refractivity contribution in [3.8, 4) is 0 Å². The molecule has 0 bridgehead atoms. The van der Waals surface area contributed by atoms with Crippen molar-refractivity contribution in [3.63, 3.8) is 0 Å². The van der Waals surface area contributed by atoms with Crippen molar-refractivity contribution in [2.75, 3.05) is 7.11 Å². The second-order valence-corrected chi connectivity index (χ2v) is 3.99. The predicted molar refractivity (Wildman–Crippen MR) is 72.5 cm³/mol. The van der Waals surface area contributed by atoms with E-state index in [1.165, 1.54) is 39.2 Å². The van der Waals surface area contributed by atoms with Crippen LogP contribution in [0.25, 0.3) is 0 Å². The van der Waals surface area contributed by atoms with Crippen LogP contribution in [0.4, 0.5) is 0 Å². The Kier molecular flexibility index (Phi) is 24.2. The number of methoxy groups -OCH3 is 1. The van der Waals surface area contributed by atoms with Gasteiger partial charge in [0, 0.05) is 32.0 Å². The number of unbranched alkanes of at least 4 members (excludes halogenated alkanes) is 6. The van der Waals surface area contributed by atoms with E-state index in [4.69, 9.17) is 5.11 Å². The molecule has 0 aromatic heterocycles. The second-order valence-electron chi connectivity index (χ2n) is 3.99. The standard InChI is InChI=1S/C10H20O2.C4H6O2.Zn/c1-2-3-4-5-6-7-8-9-10(11)12;1-3-4(5)6-2;/h2-9H2,1H3,(H,11,12);3H,1H2,2H3;. The van der Waals surface area contributed by atoms with Crippen LogP contribution in [0, 0.1) is 0 Å². The molecule has 0 aromatic rings. The first kappa shape index (κ1) is 23.4. The number of ether oxygens (including phenoxy) is 1. The van der Waals surface area contributed by atoms with Crippen molar-refractivity contribution in [2.45, 2.75) is 58.3 Å². The summed E-state index contributed by atoms with van der Waals surface area (Å²) in [6.07, 6.45) is 9.75. The molecule has 108 valence electrons. The first-order valence-electron chi connectivity index (χ1n) is 6.50. The van der Waals surface area contributed by atoms with Crippen LogP contribution in [0.5, 0.6) is 0 Å². The minimum absolute atomic E-state index is 0. The van der Waals surface area contributed by atoms with E-state index in [0.29, 0.717) is 6.42 Å². The SMILES string of the molecule is C=CC(=O)OC.CCCCCCCCCC(=O)O.[Zn]. The molecule has 0 atom stereocenters. The molecule has 0 saturated heterocycles. The van der Waals surface area contributed by atoms with Gasteiger partial charge in [-0.15, -0.1) is 0 Å². The van der Waals surface area contributed by atoms with Crippen LogP contribution in [0.2, 0.25) is 0 Å². The normalized spacial score (nSPS) is 8.53. The van der Waals surface area contributed by atoms with E-state index in [-0.39, 0.29) is 19.5 Å². The van der Waals surface area contributed by atoms with E-state index in [0.717, 1.165) is 18.9 Å². The van der Waals surface area contributed by atoms with Gasteiger partial charge in [0.25, 0.3) is 0 Å². The fourth-order valence-corrected chi connectivity index (χ4v) is 1.32.